The lowest BCUT2D eigenvalue weighted by Crippen LogP contribution is -2.37. The maximum absolute atomic E-state index is 12.8. The van der Waals surface area contributed by atoms with Crippen LogP contribution in [0.3, 0.4) is 0 Å². The van der Waals surface area contributed by atoms with Gasteiger partial charge in [-0.15, -0.1) is 0 Å². The molecule has 0 heterocycles. The smallest absolute Gasteiger partial charge is 0.220 e. The molecule has 0 aromatic heterocycles. The van der Waals surface area contributed by atoms with Crippen LogP contribution in [0.4, 0.5) is 0 Å². The first-order valence-electron chi connectivity index (χ1n) is 45.6. The first-order valence-corrected chi connectivity index (χ1v) is 45.6. The Morgan fingerprint density at radius 2 is 0.481 bits per heavy atom. The Morgan fingerprint density at radius 1 is 0.255 bits per heavy atom. The van der Waals surface area contributed by atoms with Crippen LogP contribution in [0.5, 0.6) is 0 Å². The van der Waals surface area contributed by atoms with Gasteiger partial charge in [0.25, 0.3) is 0 Å². The summed E-state index contributed by atoms with van der Waals surface area (Å²) in [5, 5.41) is 32.7. The van der Waals surface area contributed by atoms with E-state index in [-0.39, 0.29) is 23.6 Å². The number of allylic oxidation sites excluding steroid dienone is 8. The van der Waals surface area contributed by atoms with E-state index >= 15 is 0 Å². The fraction of sp³-hybridized carbons (Fsp3) is 0.867. The van der Waals surface area contributed by atoms with Crippen molar-refractivity contribution >= 4 is 23.6 Å². The van der Waals surface area contributed by atoms with Crippen molar-refractivity contribution < 1.29 is 19.2 Å². The quantitative estimate of drug-likeness (QED) is 0.0201. The van der Waals surface area contributed by atoms with Crippen LogP contribution in [0.25, 0.3) is 0 Å². The number of amides is 4. The predicted octanol–water partition coefficient (Wildman–Crippen LogP) is 16.9. The third-order valence-electron chi connectivity index (χ3n) is 22.7. The number of carbonyl (C=O) groups excluding carboxylic acids is 4. The Bertz CT molecular complexity index is 2110. The molecule has 0 aromatic carbocycles. The number of carbonyl (C=O) groups is 4. The second-order valence-corrected chi connectivity index (χ2v) is 31.9. The Morgan fingerprint density at radius 3 is 0.764 bits per heavy atom. The van der Waals surface area contributed by atoms with E-state index in [9.17, 15) is 19.2 Å². The topological polar surface area (TPSA) is 241 Å². The highest BCUT2D eigenvalue weighted by molar-refractivity contribution is 5.76. The van der Waals surface area contributed by atoms with Crippen molar-refractivity contribution in [1.82, 2.24) is 53.2 Å². The van der Waals surface area contributed by atoms with Crippen LogP contribution in [0.1, 0.15) is 336 Å². The van der Waals surface area contributed by atoms with Gasteiger partial charge in [-0.1, -0.05) is 256 Å². The zero-order chi connectivity index (χ0) is 76.3. The molecule has 16 heteroatoms. The Labute approximate surface area is 653 Å². The molecule has 618 valence electrons. The molecule has 0 spiro atoms. The fourth-order valence-corrected chi connectivity index (χ4v) is 16.4. The third kappa shape index (κ3) is 57.6. The highest BCUT2D eigenvalue weighted by Crippen LogP contribution is 2.46. The molecule has 0 saturated heterocycles. The van der Waals surface area contributed by atoms with E-state index in [2.05, 4.69) is 129 Å². The fourth-order valence-electron chi connectivity index (χ4n) is 16.4. The van der Waals surface area contributed by atoms with Crippen molar-refractivity contribution in [3.8, 4) is 0 Å². The molecule has 4 amide bonds. The van der Waals surface area contributed by atoms with Gasteiger partial charge in [-0.05, 0) is 150 Å². The second-order valence-electron chi connectivity index (χ2n) is 31.9. The summed E-state index contributed by atoms with van der Waals surface area (Å²) in [6, 6.07) is 0. The lowest BCUT2D eigenvalue weighted by molar-refractivity contribution is -0.122. The van der Waals surface area contributed by atoms with Crippen molar-refractivity contribution in [3.05, 3.63) is 48.6 Å². The first kappa shape index (κ1) is 98.6. The van der Waals surface area contributed by atoms with Crippen molar-refractivity contribution in [3.63, 3.8) is 0 Å². The molecule has 8 atom stereocenters. The molecule has 2 aliphatic rings. The van der Waals surface area contributed by atoms with Crippen LogP contribution in [-0.4, -0.2) is 141 Å². The van der Waals surface area contributed by atoms with Crippen LogP contribution < -0.4 is 64.6 Å². The average molecular weight is 1490 g/mol. The number of nitrogens with two attached hydrogens (primary N) is 2. The van der Waals surface area contributed by atoms with E-state index in [1.54, 1.807) is 0 Å². The minimum atomic E-state index is 0.162. The summed E-state index contributed by atoms with van der Waals surface area (Å²) in [7, 11) is 0. The maximum Gasteiger partial charge on any atom is 0.220 e. The number of hydrogen-bond donors (Lipinski definition) is 12. The third-order valence-corrected chi connectivity index (χ3v) is 22.7. The summed E-state index contributed by atoms with van der Waals surface area (Å²) >= 11 is 0. The Balaban J connectivity index is 1.67. The van der Waals surface area contributed by atoms with Gasteiger partial charge in [-0.2, -0.15) is 0 Å². The van der Waals surface area contributed by atoms with Gasteiger partial charge in [0, 0.05) is 143 Å². The Hall–Kier alpha value is -3.48. The number of nitrogens with one attached hydrogen (secondary N) is 10. The van der Waals surface area contributed by atoms with Gasteiger partial charge in [0.2, 0.25) is 23.6 Å². The molecule has 14 N–H and O–H groups in total. The molecular weight excluding hydrogens is 1310 g/mol. The molecule has 2 rings (SSSR count). The SMILES string of the molecule is CCCCC/C=C/CC1C(CCCCCC)C=CC(CCCCCCCC(=O)NCCNCCNCCNC(=O)CCCCCCCC2C(CCCCCCCC(=O)NCCNCCNCCN)C=CC(CCCCCC)C2C/C=C/CCCCC)C1CCCCCCCC(=O)NCCNCCNCCN. The summed E-state index contributed by atoms with van der Waals surface area (Å²) in [4.78, 5) is 50.5. The van der Waals surface area contributed by atoms with E-state index in [0.717, 1.165) is 154 Å². The van der Waals surface area contributed by atoms with Gasteiger partial charge in [0.1, 0.15) is 0 Å². The summed E-state index contributed by atoms with van der Waals surface area (Å²) in [5.41, 5.74) is 11.1. The zero-order valence-electron chi connectivity index (χ0n) is 69.7. The zero-order valence-corrected chi connectivity index (χ0v) is 69.7. The summed E-state index contributed by atoms with van der Waals surface area (Å²) in [6.45, 7) is 23.1. The summed E-state index contributed by atoms with van der Waals surface area (Å²) in [5.74, 6) is 6.30. The molecule has 0 radical (unpaired) electrons. The lowest BCUT2D eigenvalue weighted by atomic mass is 9.65. The highest BCUT2D eigenvalue weighted by Gasteiger charge is 2.36. The van der Waals surface area contributed by atoms with Crippen LogP contribution in [0.2, 0.25) is 0 Å². The normalized spacial score (nSPS) is 18.7. The van der Waals surface area contributed by atoms with Gasteiger partial charge in [0.05, 0.1) is 0 Å². The van der Waals surface area contributed by atoms with E-state index in [4.69, 9.17) is 11.5 Å². The number of rotatable bonds is 79. The van der Waals surface area contributed by atoms with Crippen molar-refractivity contribution in [1.29, 1.82) is 0 Å². The lowest BCUT2D eigenvalue weighted by Gasteiger charge is -2.40. The van der Waals surface area contributed by atoms with E-state index in [1.165, 1.54) is 231 Å². The van der Waals surface area contributed by atoms with Gasteiger partial charge in [0.15, 0.2) is 0 Å². The molecule has 0 aliphatic heterocycles. The maximum atomic E-state index is 12.8. The van der Waals surface area contributed by atoms with Crippen molar-refractivity contribution in [2.24, 2.45) is 58.8 Å². The molecular formula is C90H174N12O4. The minimum Gasteiger partial charge on any atom is -0.355 e. The molecule has 8 unspecified atom stereocenters. The molecule has 2 aliphatic carbocycles. The van der Waals surface area contributed by atoms with Gasteiger partial charge >= 0.3 is 0 Å². The van der Waals surface area contributed by atoms with Gasteiger partial charge in [-0.25, -0.2) is 0 Å². The monoisotopic (exact) mass is 1490 g/mol. The van der Waals surface area contributed by atoms with E-state index in [1.807, 2.05) is 0 Å². The first-order chi connectivity index (χ1) is 52.2. The van der Waals surface area contributed by atoms with Crippen LogP contribution >= 0.6 is 0 Å². The second kappa shape index (κ2) is 75.6. The van der Waals surface area contributed by atoms with Gasteiger partial charge in [-0.3, -0.25) is 19.2 Å². The van der Waals surface area contributed by atoms with Crippen LogP contribution in [0, 0.1) is 47.3 Å². The van der Waals surface area contributed by atoms with Gasteiger partial charge < -0.3 is 64.6 Å². The largest absolute Gasteiger partial charge is 0.355 e. The molecule has 106 heavy (non-hydrogen) atoms. The van der Waals surface area contributed by atoms with E-state index in [0.29, 0.717) is 88.6 Å². The molecule has 16 nitrogen and oxygen atoms in total. The minimum absolute atomic E-state index is 0.162. The standard InChI is InChI=1S/C90H174N12O4/c1-5-9-13-17-25-37-49-83-79(45-33-15-11-7-3)58-60-82(85(83)51-39-27-21-31-43-55-89(105)100-76-72-96-68-66-94-64-62-92)48-36-24-20-30-42-54-88(104)101-77-73-97-69-70-98-74-78-102-90(106)56-44-32-22-28-40-52-86-81(47-35-23-19-29-41-53-87(103)99-75-71-95-67-65-93-63-61-91)59-57-80(46-34-16-12-8-4)84(86)50-38-26-18-14-10-6-2/h25-26,37-38,57-60,79-86,93-98H,5-24,27-36,39-56,61-78,91-92H2,1-4H3,(H,99,103)(H,100,105)(H,101,104)(H,102,106)/b37-25+,38-26+. The molecule has 0 aromatic rings. The predicted molar refractivity (Wildman–Crippen MR) is 456 cm³/mol. The number of unbranched alkanes of at least 4 members (excludes halogenated alkanes) is 28. The molecule has 0 saturated carbocycles. The van der Waals surface area contributed by atoms with Crippen molar-refractivity contribution in [2.75, 3.05) is 118 Å². The van der Waals surface area contributed by atoms with Crippen LogP contribution in [0.15, 0.2) is 48.6 Å². The number of hydrogen-bond acceptors (Lipinski definition) is 12. The highest BCUT2D eigenvalue weighted by atomic mass is 16.2. The van der Waals surface area contributed by atoms with Crippen LogP contribution in [-0.2, 0) is 19.2 Å². The summed E-state index contributed by atoms with van der Waals surface area (Å²) in [6.07, 6.45) is 77.6. The van der Waals surface area contributed by atoms with E-state index < -0.39 is 0 Å². The average Bonchev–Trinajstić information content (AvgIpc) is 0.825. The Kier molecular flexibility index (Phi) is 70.3. The van der Waals surface area contributed by atoms with Crippen molar-refractivity contribution in [2.45, 2.75) is 336 Å². The summed E-state index contributed by atoms with van der Waals surface area (Å²) < 4.78 is 0. The molecule has 0 bridgehead atoms. The molecule has 0 fully saturated rings.